The van der Waals surface area contributed by atoms with Gasteiger partial charge in [0.05, 0.1) is 5.56 Å². The number of hydrogen-bond acceptors (Lipinski definition) is 3. The van der Waals surface area contributed by atoms with E-state index < -0.39 is 0 Å². The lowest BCUT2D eigenvalue weighted by Crippen LogP contribution is -2.22. The molecule has 0 saturated carbocycles. The molecule has 0 atom stereocenters. The maximum Gasteiger partial charge on any atom is 0.100 e. The number of likely N-dealkylation sites (tertiary alicyclic amines) is 1. The number of benzene rings is 1. The van der Waals surface area contributed by atoms with Crippen LogP contribution in [0.4, 0.5) is 5.69 Å². The fourth-order valence-corrected chi connectivity index (χ4v) is 2.72. The van der Waals surface area contributed by atoms with Crippen LogP contribution in [0.5, 0.6) is 0 Å². The average molecular weight is 308 g/mol. The van der Waals surface area contributed by atoms with Crippen molar-refractivity contribution in [2.45, 2.75) is 19.3 Å². The number of anilines is 1. The van der Waals surface area contributed by atoms with Crippen LogP contribution in [0.3, 0.4) is 0 Å². The summed E-state index contributed by atoms with van der Waals surface area (Å²) in [4.78, 5) is 2.52. The predicted octanol–water partition coefficient (Wildman–Crippen LogP) is 3.22. The molecule has 1 aromatic rings. The zero-order valence-electron chi connectivity index (χ0n) is 10.5. The molecule has 0 amide bonds. The summed E-state index contributed by atoms with van der Waals surface area (Å²) in [6.07, 6.45) is 3.88. The smallest absolute Gasteiger partial charge is 0.100 e. The molecule has 4 heteroatoms. The summed E-state index contributed by atoms with van der Waals surface area (Å²) in [6, 6.07) is 7.91. The van der Waals surface area contributed by atoms with Crippen molar-refractivity contribution < 1.29 is 0 Å². The molecule has 0 bridgehead atoms. The van der Waals surface area contributed by atoms with Crippen LogP contribution in [0.1, 0.15) is 24.8 Å². The first-order valence-electron chi connectivity index (χ1n) is 6.45. The lowest BCUT2D eigenvalue weighted by Gasteiger charge is -2.14. The molecule has 1 aliphatic rings. The Kier molecular flexibility index (Phi) is 5.03. The van der Waals surface area contributed by atoms with Crippen molar-refractivity contribution in [3.8, 4) is 6.07 Å². The van der Waals surface area contributed by atoms with Crippen LogP contribution in [-0.2, 0) is 0 Å². The minimum atomic E-state index is 0.678. The van der Waals surface area contributed by atoms with Crippen molar-refractivity contribution >= 4 is 21.6 Å². The van der Waals surface area contributed by atoms with E-state index in [1.807, 2.05) is 18.2 Å². The maximum atomic E-state index is 8.84. The van der Waals surface area contributed by atoms with Gasteiger partial charge in [-0.1, -0.05) is 0 Å². The molecule has 1 saturated heterocycles. The van der Waals surface area contributed by atoms with E-state index in [9.17, 15) is 0 Å². The number of nitrogens with one attached hydrogen (secondary N) is 1. The molecule has 0 aliphatic carbocycles. The van der Waals surface area contributed by atoms with Gasteiger partial charge in [-0.3, -0.25) is 0 Å². The highest BCUT2D eigenvalue weighted by atomic mass is 79.9. The zero-order valence-corrected chi connectivity index (χ0v) is 12.0. The molecule has 0 aromatic heterocycles. The normalized spacial score (nSPS) is 15.6. The van der Waals surface area contributed by atoms with Gasteiger partial charge in [0.25, 0.3) is 0 Å². The van der Waals surface area contributed by atoms with Gasteiger partial charge in [-0.25, -0.2) is 0 Å². The van der Waals surface area contributed by atoms with Crippen molar-refractivity contribution in [3.05, 3.63) is 28.2 Å². The van der Waals surface area contributed by atoms with Crippen LogP contribution in [0.25, 0.3) is 0 Å². The van der Waals surface area contributed by atoms with Crippen molar-refractivity contribution in [1.82, 2.24) is 4.90 Å². The van der Waals surface area contributed by atoms with Crippen molar-refractivity contribution in [2.24, 2.45) is 0 Å². The first-order valence-corrected chi connectivity index (χ1v) is 7.25. The summed E-state index contributed by atoms with van der Waals surface area (Å²) >= 11 is 3.40. The van der Waals surface area contributed by atoms with Crippen molar-refractivity contribution in [1.29, 1.82) is 5.26 Å². The molecule has 3 nitrogen and oxygen atoms in total. The number of rotatable bonds is 5. The first-order chi connectivity index (χ1) is 8.79. The Balaban J connectivity index is 1.73. The second kappa shape index (κ2) is 6.77. The molecule has 1 aromatic carbocycles. The summed E-state index contributed by atoms with van der Waals surface area (Å²) in [5, 5.41) is 12.2. The van der Waals surface area contributed by atoms with E-state index in [1.54, 1.807) is 0 Å². The van der Waals surface area contributed by atoms with E-state index in [0.29, 0.717) is 5.56 Å². The van der Waals surface area contributed by atoms with Gasteiger partial charge in [0, 0.05) is 16.7 Å². The van der Waals surface area contributed by atoms with E-state index in [1.165, 1.54) is 32.5 Å². The number of halogens is 1. The molecule has 1 aliphatic heterocycles. The quantitative estimate of drug-likeness (QED) is 0.849. The van der Waals surface area contributed by atoms with Crippen molar-refractivity contribution in [3.63, 3.8) is 0 Å². The number of hydrogen-bond donors (Lipinski definition) is 1. The Hall–Kier alpha value is -1.05. The van der Waals surface area contributed by atoms with Crippen molar-refractivity contribution in [2.75, 3.05) is 31.5 Å². The van der Waals surface area contributed by atoms with E-state index in [4.69, 9.17) is 5.26 Å². The third kappa shape index (κ3) is 3.72. The Bertz CT molecular complexity index is 433. The zero-order chi connectivity index (χ0) is 12.8. The van der Waals surface area contributed by atoms with Crippen LogP contribution >= 0.6 is 15.9 Å². The molecule has 18 heavy (non-hydrogen) atoms. The highest BCUT2D eigenvalue weighted by Gasteiger charge is 2.10. The molecule has 1 N–H and O–H groups in total. The molecule has 0 spiro atoms. The highest BCUT2D eigenvalue weighted by molar-refractivity contribution is 9.10. The van der Waals surface area contributed by atoms with E-state index in [-0.39, 0.29) is 0 Å². The van der Waals surface area contributed by atoms with E-state index in [2.05, 4.69) is 32.2 Å². The Morgan fingerprint density at radius 1 is 1.33 bits per heavy atom. The molecule has 2 rings (SSSR count). The largest absolute Gasteiger partial charge is 0.385 e. The van der Waals surface area contributed by atoms with Gasteiger partial charge in [0.15, 0.2) is 0 Å². The number of nitriles is 1. The Morgan fingerprint density at radius 2 is 2.11 bits per heavy atom. The van der Waals surface area contributed by atoms with Crippen LogP contribution < -0.4 is 5.32 Å². The molecule has 0 unspecified atom stereocenters. The third-order valence-corrected chi connectivity index (χ3v) is 3.92. The summed E-state index contributed by atoms with van der Waals surface area (Å²) in [5.74, 6) is 0. The van der Waals surface area contributed by atoms with Crippen LogP contribution in [-0.4, -0.2) is 31.1 Å². The van der Waals surface area contributed by atoms with Crippen LogP contribution in [0.15, 0.2) is 22.7 Å². The van der Waals surface area contributed by atoms with Gasteiger partial charge in [0.2, 0.25) is 0 Å². The van der Waals surface area contributed by atoms with Crippen LogP contribution in [0, 0.1) is 11.3 Å². The summed E-state index contributed by atoms with van der Waals surface area (Å²) in [7, 11) is 0. The molecule has 0 radical (unpaired) electrons. The lowest BCUT2D eigenvalue weighted by atomic mass is 10.2. The maximum absolute atomic E-state index is 8.84. The van der Waals surface area contributed by atoms with Crippen LogP contribution in [0.2, 0.25) is 0 Å². The molecular weight excluding hydrogens is 290 g/mol. The molecule has 96 valence electrons. The fourth-order valence-electron chi connectivity index (χ4n) is 2.26. The summed E-state index contributed by atoms with van der Waals surface area (Å²) < 4.78 is 0.856. The summed E-state index contributed by atoms with van der Waals surface area (Å²) in [5.41, 5.74) is 1.75. The van der Waals surface area contributed by atoms with Gasteiger partial charge in [0.1, 0.15) is 6.07 Å². The monoisotopic (exact) mass is 307 g/mol. The molecular formula is C14H18BrN3. The summed E-state index contributed by atoms with van der Waals surface area (Å²) in [6.45, 7) is 4.70. The minimum Gasteiger partial charge on any atom is -0.385 e. The SMILES string of the molecule is N#Cc1ccc(NCCCN2CCCC2)cc1Br. The Labute approximate surface area is 117 Å². The number of nitrogens with zero attached hydrogens (tertiary/aromatic N) is 2. The standard InChI is InChI=1S/C14H18BrN3/c15-14-10-13(5-4-12(14)11-16)17-6-3-9-18-7-1-2-8-18/h4-5,10,17H,1-3,6-9H2. The topological polar surface area (TPSA) is 39.1 Å². The van der Waals surface area contributed by atoms with E-state index in [0.717, 1.165) is 23.1 Å². The molecule has 1 heterocycles. The second-order valence-corrected chi connectivity index (χ2v) is 5.49. The van der Waals surface area contributed by atoms with Gasteiger partial charge in [-0.15, -0.1) is 0 Å². The first kappa shape index (κ1) is 13.4. The molecule has 1 fully saturated rings. The van der Waals surface area contributed by atoms with Gasteiger partial charge < -0.3 is 10.2 Å². The van der Waals surface area contributed by atoms with Gasteiger partial charge in [-0.2, -0.15) is 5.26 Å². The highest BCUT2D eigenvalue weighted by Crippen LogP contribution is 2.20. The minimum absolute atomic E-state index is 0.678. The lowest BCUT2D eigenvalue weighted by molar-refractivity contribution is 0.337. The fraction of sp³-hybridized carbons (Fsp3) is 0.500. The third-order valence-electron chi connectivity index (χ3n) is 3.27. The predicted molar refractivity (Wildman–Crippen MR) is 77.6 cm³/mol. The van der Waals surface area contributed by atoms with E-state index >= 15 is 0 Å². The average Bonchev–Trinajstić information content (AvgIpc) is 2.88. The second-order valence-electron chi connectivity index (χ2n) is 4.64. The van der Waals surface area contributed by atoms with Gasteiger partial charge in [-0.05, 0) is 73.0 Å². The Morgan fingerprint density at radius 3 is 2.78 bits per heavy atom. The van der Waals surface area contributed by atoms with Gasteiger partial charge >= 0.3 is 0 Å².